The summed E-state index contributed by atoms with van der Waals surface area (Å²) in [5.41, 5.74) is 7.25. The number of hydrogen-bond donors (Lipinski definition) is 4. The summed E-state index contributed by atoms with van der Waals surface area (Å²) >= 11 is 0. The minimum Gasteiger partial charge on any atom is -0.461 e. The maximum absolute atomic E-state index is 12.6. The van der Waals surface area contributed by atoms with Gasteiger partial charge in [-0.3, -0.25) is 19.8 Å². The lowest BCUT2D eigenvalue weighted by atomic mass is 9.88. The van der Waals surface area contributed by atoms with Crippen LogP contribution in [0, 0.1) is 5.92 Å². The SMILES string of the molecule is CNc1ccc(COC(=O)NNC(=O)C[C@@H]2CC3(CO3)CC(/C=C/C(C)=C/CC3OC(C)C(NC(=O)/C=C\C(C)OC=O)CC3C)O2)cc1. The normalized spacial score (nSPS) is 28.9. The second-order valence-electron chi connectivity index (χ2n) is 13.1. The maximum atomic E-state index is 12.6. The molecule has 1 aromatic carbocycles. The molecule has 0 radical (unpaired) electrons. The number of benzene rings is 1. The lowest BCUT2D eigenvalue weighted by molar-refractivity contribution is -0.131. The predicted molar refractivity (Wildman–Crippen MR) is 182 cm³/mol. The van der Waals surface area contributed by atoms with Crippen molar-refractivity contribution in [2.45, 2.75) is 109 Å². The first-order valence-corrected chi connectivity index (χ1v) is 16.8. The Kier molecular flexibility index (Phi) is 13.8. The molecule has 0 aliphatic carbocycles. The Morgan fingerprint density at radius 2 is 1.84 bits per heavy atom. The Morgan fingerprint density at radius 1 is 1.08 bits per heavy atom. The lowest BCUT2D eigenvalue weighted by Gasteiger charge is -2.39. The van der Waals surface area contributed by atoms with Gasteiger partial charge >= 0.3 is 6.09 Å². The lowest BCUT2D eigenvalue weighted by Crippen LogP contribution is -2.50. The van der Waals surface area contributed by atoms with Gasteiger partial charge in [0.1, 0.15) is 12.7 Å². The van der Waals surface area contributed by atoms with Crippen molar-refractivity contribution >= 4 is 30.1 Å². The monoisotopic (exact) mass is 682 g/mol. The van der Waals surface area contributed by atoms with Crippen molar-refractivity contribution in [1.29, 1.82) is 0 Å². The van der Waals surface area contributed by atoms with E-state index in [0.29, 0.717) is 25.9 Å². The van der Waals surface area contributed by atoms with Gasteiger partial charge < -0.3 is 34.3 Å². The third kappa shape index (κ3) is 12.3. The summed E-state index contributed by atoms with van der Waals surface area (Å²) in [6.07, 6.45) is 10.00. The number of allylic oxidation sites excluding steroid dienone is 2. The number of hydrazine groups is 1. The molecule has 1 spiro atoms. The number of hydrogen-bond acceptors (Lipinski definition) is 10. The molecule has 4 N–H and O–H groups in total. The van der Waals surface area contributed by atoms with E-state index in [-0.39, 0.29) is 66.8 Å². The molecule has 3 amide bonds. The highest BCUT2D eigenvalue weighted by Crippen LogP contribution is 2.43. The Hall–Kier alpha value is -4.20. The zero-order valence-electron chi connectivity index (χ0n) is 28.9. The Balaban J connectivity index is 1.19. The minimum atomic E-state index is -0.753. The van der Waals surface area contributed by atoms with E-state index in [4.69, 9.17) is 23.7 Å². The zero-order chi connectivity index (χ0) is 35.4. The second-order valence-corrected chi connectivity index (χ2v) is 13.1. The molecule has 13 nitrogen and oxygen atoms in total. The van der Waals surface area contributed by atoms with Crippen LogP contribution in [0.5, 0.6) is 0 Å². The van der Waals surface area contributed by atoms with Gasteiger partial charge in [-0.2, -0.15) is 0 Å². The molecule has 268 valence electrons. The number of anilines is 1. The highest BCUT2D eigenvalue weighted by Gasteiger charge is 2.51. The predicted octanol–water partition coefficient (Wildman–Crippen LogP) is 4.00. The molecule has 3 aliphatic heterocycles. The van der Waals surface area contributed by atoms with E-state index in [1.165, 1.54) is 12.2 Å². The van der Waals surface area contributed by atoms with E-state index in [0.717, 1.165) is 29.7 Å². The summed E-state index contributed by atoms with van der Waals surface area (Å²) in [4.78, 5) is 47.5. The molecule has 0 aromatic heterocycles. The number of nitrogens with one attached hydrogen (secondary N) is 4. The van der Waals surface area contributed by atoms with Crippen LogP contribution in [0.25, 0.3) is 0 Å². The fourth-order valence-corrected chi connectivity index (χ4v) is 6.04. The van der Waals surface area contributed by atoms with Crippen molar-refractivity contribution in [3.63, 3.8) is 0 Å². The highest BCUT2D eigenvalue weighted by atomic mass is 16.6. The molecule has 0 bridgehead atoms. The number of amides is 3. The number of carbonyl (C=O) groups is 4. The van der Waals surface area contributed by atoms with Crippen molar-refractivity contribution < 1.29 is 42.9 Å². The first-order valence-electron chi connectivity index (χ1n) is 16.8. The van der Waals surface area contributed by atoms with Crippen LogP contribution in [-0.4, -0.2) is 80.2 Å². The van der Waals surface area contributed by atoms with E-state index in [1.54, 1.807) is 6.92 Å². The summed E-state index contributed by atoms with van der Waals surface area (Å²) in [5.74, 6) is -0.410. The zero-order valence-corrected chi connectivity index (χ0v) is 28.9. The third-order valence-corrected chi connectivity index (χ3v) is 9.00. The number of rotatable bonds is 14. The molecular formula is C36H50N4O9. The van der Waals surface area contributed by atoms with Crippen LogP contribution < -0.4 is 21.5 Å². The molecule has 13 heteroatoms. The van der Waals surface area contributed by atoms with Gasteiger partial charge in [-0.05, 0) is 63.3 Å². The van der Waals surface area contributed by atoms with Gasteiger partial charge in [-0.25, -0.2) is 10.2 Å². The number of ether oxygens (including phenoxy) is 5. The van der Waals surface area contributed by atoms with Crippen molar-refractivity contribution in [1.82, 2.24) is 16.2 Å². The Bertz CT molecular complexity index is 1370. The maximum Gasteiger partial charge on any atom is 0.426 e. The summed E-state index contributed by atoms with van der Waals surface area (Å²) in [7, 11) is 1.82. The quantitative estimate of drug-likeness (QED) is 0.0741. The summed E-state index contributed by atoms with van der Waals surface area (Å²) in [5, 5.41) is 6.02. The highest BCUT2D eigenvalue weighted by molar-refractivity contribution is 5.87. The van der Waals surface area contributed by atoms with Crippen LogP contribution >= 0.6 is 0 Å². The van der Waals surface area contributed by atoms with Crippen LogP contribution in [0.2, 0.25) is 0 Å². The van der Waals surface area contributed by atoms with E-state index < -0.39 is 12.2 Å². The molecule has 4 rings (SSSR count). The third-order valence-electron chi connectivity index (χ3n) is 9.00. The molecule has 1 aromatic rings. The van der Waals surface area contributed by atoms with Crippen LogP contribution in [-0.2, 0) is 44.7 Å². The molecule has 8 atom stereocenters. The van der Waals surface area contributed by atoms with E-state index >= 15 is 0 Å². The molecule has 0 saturated carbocycles. The largest absolute Gasteiger partial charge is 0.461 e. The first kappa shape index (κ1) is 37.6. The molecule has 3 aliphatic rings. The molecule has 49 heavy (non-hydrogen) atoms. The van der Waals surface area contributed by atoms with Crippen LogP contribution in [0.4, 0.5) is 10.5 Å². The fraction of sp³-hybridized carbons (Fsp3) is 0.556. The van der Waals surface area contributed by atoms with Gasteiger partial charge in [0, 0.05) is 31.7 Å². The van der Waals surface area contributed by atoms with Crippen LogP contribution in [0.3, 0.4) is 0 Å². The van der Waals surface area contributed by atoms with Crippen LogP contribution in [0.15, 0.2) is 60.2 Å². The number of epoxide rings is 1. The van der Waals surface area contributed by atoms with Crippen molar-refractivity contribution in [3.05, 3.63) is 65.8 Å². The van der Waals surface area contributed by atoms with Gasteiger partial charge in [0.15, 0.2) is 0 Å². The number of carbonyl (C=O) groups excluding carboxylic acids is 4. The average molecular weight is 683 g/mol. The van der Waals surface area contributed by atoms with E-state index in [1.807, 2.05) is 57.3 Å². The fourth-order valence-electron chi connectivity index (χ4n) is 6.04. The molecule has 3 saturated heterocycles. The molecule has 7 unspecified atom stereocenters. The van der Waals surface area contributed by atoms with Gasteiger partial charge in [0.05, 0.1) is 49.1 Å². The summed E-state index contributed by atoms with van der Waals surface area (Å²) < 4.78 is 28.2. The molecule has 3 heterocycles. The van der Waals surface area contributed by atoms with Crippen LogP contribution in [0.1, 0.15) is 65.4 Å². The molecule has 3 fully saturated rings. The van der Waals surface area contributed by atoms with Gasteiger partial charge in [0.25, 0.3) is 6.47 Å². The van der Waals surface area contributed by atoms with Gasteiger partial charge in [0.2, 0.25) is 11.8 Å². The topological polar surface area (TPSA) is 166 Å². The summed E-state index contributed by atoms with van der Waals surface area (Å²) in [6.45, 7) is 8.85. The minimum absolute atomic E-state index is 0.01000. The van der Waals surface area contributed by atoms with Gasteiger partial charge in [-0.1, -0.05) is 42.9 Å². The second kappa shape index (κ2) is 18.0. The first-order chi connectivity index (χ1) is 23.5. The van der Waals surface area contributed by atoms with E-state index in [2.05, 4.69) is 34.5 Å². The Labute approximate surface area is 288 Å². The van der Waals surface area contributed by atoms with Crippen molar-refractivity contribution in [2.75, 3.05) is 19.0 Å². The standard InChI is InChI=1S/C36H50N4O9/c1-23(7-14-32-24(2)16-31(26(4)48-32)38-33(42)15-8-25(3)46-22-41)6-13-29-18-36(21-47-36)19-30(49-29)17-34(43)39-40-35(44)45-20-27-9-11-28(37-5)12-10-27/h6-13,15,22,24-26,29-32,37H,14,16-21H2,1-5H3,(H,38,42)(H,39,43)(H,40,44)/b13-6+,15-8-,23-7+/t24?,25?,26?,29?,30-,31?,32?,36?/m1/s1. The van der Waals surface area contributed by atoms with Crippen molar-refractivity contribution in [2.24, 2.45) is 5.92 Å². The molecular weight excluding hydrogens is 632 g/mol. The average Bonchev–Trinajstić information content (AvgIpc) is 3.82. The van der Waals surface area contributed by atoms with E-state index in [9.17, 15) is 19.2 Å². The smallest absolute Gasteiger partial charge is 0.426 e. The van der Waals surface area contributed by atoms with Gasteiger partial charge in [-0.15, -0.1) is 0 Å². The van der Waals surface area contributed by atoms with Crippen molar-refractivity contribution in [3.8, 4) is 0 Å². The Morgan fingerprint density at radius 3 is 2.53 bits per heavy atom. The summed E-state index contributed by atoms with van der Waals surface area (Å²) in [6, 6.07) is 7.33.